The number of pyridine rings is 1. The molecule has 1 aliphatic heterocycles. The first-order valence-electron chi connectivity index (χ1n) is 12.3. The number of nitrogens with zero attached hydrogens (tertiary/aromatic N) is 4. The van der Waals surface area contributed by atoms with Crippen LogP contribution in [-0.4, -0.2) is 69.3 Å². The highest BCUT2D eigenvalue weighted by Gasteiger charge is 2.36. The van der Waals surface area contributed by atoms with Gasteiger partial charge in [0.05, 0.1) is 6.42 Å². The molecule has 1 aliphatic carbocycles. The summed E-state index contributed by atoms with van der Waals surface area (Å²) in [4.78, 5) is 22.9. The van der Waals surface area contributed by atoms with Crippen molar-refractivity contribution in [3.63, 3.8) is 0 Å². The molecule has 0 spiro atoms. The maximum atomic E-state index is 15.5. The Morgan fingerprint density at radius 3 is 2.67 bits per heavy atom. The van der Waals surface area contributed by atoms with Gasteiger partial charge in [-0.1, -0.05) is 6.07 Å². The number of amides is 1. The number of hydrogen-bond acceptors (Lipinski definition) is 7. The third kappa shape index (κ3) is 7.83. The van der Waals surface area contributed by atoms with Crippen molar-refractivity contribution in [1.29, 1.82) is 0 Å². The highest BCUT2D eigenvalue weighted by atomic mass is 32.1. The molecule has 0 radical (unpaired) electrons. The molecule has 0 aromatic carbocycles. The first kappa shape index (κ1) is 26.7. The van der Waals surface area contributed by atoms with E-state index in [1.165, 1.54) is 17.6 Å². The van der Waals surface area contributed by atoms with E-state index < -0.39 is 18.5 Å². The molecule has 1 fully saturated rings. The zero-order valence-corrected chi connectivity index (χ0v) is 21.1. The number of ether oxygens (including phenoxy) is 1. The van der Waals surface area contributed by atoms with Crippen LogP contribution in [0.5, 0.6) is 5.88 Å². The van der Waals surface area contributed by atoms with Gasteiger partial charge in [0.25, 0.3) is 0 Å². The van der Waals surface area contributed by atoms with Crippen molar-refractivity contribution in [3.05, 3.63) is 34.2 Å². The minimum absolute atomic E-state index is 0.0236. The molecule has 0 atom stereocenters. The Kier molecular flexibility index (Phi) is 8.44. The Morgan fingerprint density at radius 1 is 1.22 bits per heavy atom. The third-order valence-electron chi connectivity index (χ3n) is 6.79. The fourth-order valence-electron chi connectivity index (χ4n) is 4.78. The summed E-state index contributed by atoms with van der Waals surface area (Å²) in [6.45, 7) is 2.45. The van der Waals surface area contributed by atoms with E-state index in [0.29, 0.717) is 68.9 Å². The molecule has 2 aliphatic rings. The average molecular weight is 530 g/mol. The summed E-state index contributed by atoms with van der Waals surface area (Å²) in [5.41, 5.74) is 0.479. The molecule has 36 heavy (non-hydrogen) atoms. The van der Waals surface area contributed by atoms with Gasteiger partial charge in [-0.15, -0.1) is 0 Å². The Labute approximate surface area is 211 Å². The van der Waals surface area contributed by atoms with E-state index in [4.69, 9.17) is 4.74 Å². The van der Waals surface area contributed by atoms with Crippen molar-refractivity contribution in [2.24, 2.45) is 0 Å². The SMILES string of the molecule is Cc1nsc(CC(=O)NC2CCC(F)(CCN3CCc4ccc(OCC(F)(F)F)nc4CC3)CC2)n1. The lowest BCUT2D eigenvalue weighted by Gasteiger charge is -2.35. The van der Waals surface area contributed by atoms with Gasteiger partial charge in [-0.3, -0.25) is 4.79 Å². The van der Waals surface area contributed by atoms with Gasteiger partial charge in [0.2, 0.25) is 11.8 Å². The minimum Gasteiger partial charge on any atom is -0.468 e. The van der Waals surface area contributed by atoms with Gasteiger partial charge in [-0.25, -0.2) is 14.4 Å². The second-order valence-electron chi connectivity index (χ2n) is 9.66. The van der Waals surface area contributed by atoms with Crippen LogP contribution in [-0.2, 0) is 24.1 Å². The van der Waals surface area contributed by atoms with Crippen molar-refractivity contribution in [1.82, 2.24) is 24.6 Å². The molecule has 198 valence electrons. The number of hydrogen-bond donors (Lipinski definition) is 1. The lowest BCUT2D eigenvalue weighted by molar-refractivity contribution is -0.154. The molecule has 0 bridgehead atoms. The first-order valence-corrected chi connectivity index (χ1v) is 13.0. The van der Waals surface area contributed by atoms with Gasteiger partial charge in [-0.2, -0.15) is 17.5 Å². The van der Waals surface area contributed by atoms with Crippen molar-refractivity contribution < 1.29 is 27.1 Å². The fourth-order valence-corrected chi connectivity index (χ4v) is 5.43. The molecule has 0 saturated heterocycles. The first-order chi connectivity index (χ1) is 17.1. The molecule has 1 N–H and O–H groups in total. The number of aromatic nitrogens is 3. The van der Waals surface area contributed by atoms with E-state index in [2.05, 4.69) is 24.6 Å². The zero-order valence-electron chi connectivity index (χ0n) is 20.2. The number of fused-ring (bicyclic) bond motifs is 1. The summed E-state index contributed by atoms with van der Waals surface area (Å²) in [7, 11) is 0. The van der Waals surface area contributed by atoms with Gasteiger partial charge < -0.3 is 15.0 Å². The Balaban J connectivity index is 1.19. The Bertz CT molecular complexity index is 1040. The summed E-state index contributed by atoms with van der Waals surface area (Å²) in [6.07, 6.45) is -0.468. The van der Waals surface area contributed by atoms with E-state index >= 15 is 4.39 Å². The van der Waals surface area contributed by atoms with E-state index in [-0.39, 0.29) is 24.2 Å². The minimum atomic E-state index is -4.41. The van der Waals surface area contributed by atoms with Crippen LogP contribution in [0.4, 0.5) is 17.6 Å². The monoisotopic (exact) mass is 529 g/mol. The van der Waals surface area contributed by atoms with E-state index in [1.54, 1.807) is 13.0 Å². The number of halogens is 4. The molecular formula is C24H31F4N5O2S. The van der Waals surface area contributed by atoms with Crippen LogP contribution in [0.15, 0.2) is 12.1 Å². The van der Waals surface area contributed by atoms with Crippen molar-refractivity contribution in [3.8, 4) is 5.88 Å². The Morgan fingerprint density at radius 2 is 1.97 bits per heavy atom. The third-order valence-corrected chi connectivity index (χ3v) is 7.60. The number of carbonyl (C=O) groups is 1. The average Bonchev–Trinajstić information content (AvgIpc) is 3.11. The van der Waals surface area contributed by atoms with Crippen LogP contribution in [0.2, 0.25) is 0 Å². The molecule has 12 heteroatoms. The molecule has 2 aromatic rings. The number of rotatable bonds is 8. The second-order valence-corrected chi connectivity index (χ2v) is 10.5. The fraction of sp³-hybridized carbons (Fsp3) is 0.667. The summed E-state index contributed by atoms with van der Waals surface area (Å²) in [6, 6.07) is 3.22. The number of aryl methyl sites for hydroxylation is 1. The van der Waals surface area contributed by atoms with Crippen molar-refractivity contribution in [2.45, 2.75) is 76.2 Å². The van der Waals surface area contributed by atoms with Crippen LogP contribution >= 0.6 is 11.5 Å². The molecule has 1 amide bonds. The predicted molar refractivity (Wildman–Crippen MR) is 127 cm³/mol. The smallest absolute Gasteiger partial charge is 0.422 e. The van der Waals surface area contributed by atoms with Crippen molar-refractivity contribution in [2.75, 3.05) is 26.2 Å². The summed E-state index contributed by atoms with van der Waals surface area (Å²) < 4.78 is 61.6. The standard InChI is InChI=1S/C24H31F4N5O2S/c1-16-29-22(36-32-16)14-20(34)30-18-4-8-23(25,9-5-18)10-13-33-11-6-17-2-3-21(31-19(17)7-12-33)35-15-24(26,27)28/h2-3,18H,4-15H2,1H3,(H,30,34). The Hall–Kier alpha value is -2.34. The van der Waals surface area contributed by atoms with Crippen LogP contribution in [0, 0.1) is 6.92 Å². The summed E-state index contributed by atoms with van der Waals surface area (Å²) >= 11 is 1.22. The lowest BCUT2D eigenvalue weighted by atomic mass is 9.81. The molecule has 2 aromatic heterocycles. The molecule has 7 nitrogen and oxygen atoms in total. The molecule has 3 heterocycles. The van der Waals surface area contributed by atoms with Crippen LogP contribution in [0.25, 0.3) is 0 Å². The normalized spacial score (nSPS) is 23.1. The topological polar surface area (TPSA) is 80.2 Å². The van der Waals surface area contributed by atoms with Gasteiger partial charge in [-0.05, 0) is 62.5 Å². The quantitative estimate of drug-likeness (QED) is 0.521. The molecule has 0 unspecified atom stereocenters. The highest BCUT2D eigenvalue weighted by molar-refractivity contribution is 7.05. The second kappa shape index (κ2) is 11.4. The summed E-state index contributed by atoms with van der Waals surface area (Å²) in [5, 5.41) is 3.68. The summed E-state index contributed by atoms with van der Waals surface area (Å²) in [5.74, 6) is 0.531. The van der Waals surface area contributed by atoms with E-state index in [1.807, 2.05) is 0 Å². The molecule has 4 rings (SSSR count). The molecule has 1 saturated carbocycles. The number of nitrogens with one attached hydrogen (secondary N) is 1. The van der Waals surface area contributed by atoms with Gasteiger partial charge >= 0.3 is 6.18 Å². The lowest BCUT2D eigenvalue weighted by Crippen LogP contribution is -2.43. The van der Waals surface area contributed by atoms with E-state index in [9.17, 15) is 18.0 Å². The zero-order chi connectivity index (χ0) is 25.8. The predicted octanol–water partition coefficient (Wildman–Crippen LogP) is 3.98. The van der Waals surface area contributed by atoms with Crippen LogP contribution in [0.3, 0.4) is 0 Å². The molecular weight excluding hydrogens is 498 g/mol. The number of carbonyl (C=O) groups excluding carboxylic acids is 1. The maximum absolute atomic E-state index is 15.5. The van der Waals surface area contributed by atoms with Gasteiger partial charge in [0.1, 0.15) is 16.5 Å². The van der Waals surface area contributed by atoms with Gasteiger partial charge in [0.15, 0.2) is 6.61 Å². The van der Waals surface area contributed by atoms with Crippen molar-refractivity contribution >= 4 is 17.4 Å². The largest absolute Gasteiger partial charge is 0.468 e. The number of alkyl halides is 4. The van der Waals surface area contributed by atoms with Gasteiger partial charge in [0, 0.05) is 43.9 Å². The highest BCUT2D eigenvalue weighted by Crippen LogP contribution is 2.35. The maximum Gasteiger partial charge on any atom is 0.422 e. The van der Waals surface area contributed by atoms with Crippen LogP contribution in [0.1, 0.15) is 54.2 Å². The van der Waals surface area contributed by atoms with Crippen LogP contribution < -0.4 is 10.1 Å². The van der Waals surface area contributed by atoms with E-state index in [0.717, 1.165) is 17.8 Å².